The van der Waals surface area contributed by atoms with Gasteiger partial charge in [0.05, 0.1) is 24.4 Å². The normalized spacial score (nSPS) is 18.7. The van der Waals surface area contributed by atoms with Gasteiger partial charge in [-0.3, -0.25) is 4.68 Å². The first-order valence-electron chi connectivity index (χ1n) is 8.75. The Morgan fingerprint density at radius 2 is 1.64 bits per heavy atom. The second kappa shape index (κ2) is 6.94. The molecule has 1 aliphatic rings. The molecule has 2 heterocycles. The van der Waals surface area contributed by atoms with Crippen LogP contribution in [0.2, 0.25) is 0 Å². The lowest BCUT2D eigenvalue weighted by molar-refractivity contribution is 0.00578. The molecular formula is C19H27BN2O3. The lowest BCUT2D eigenvalue weighted by Gasteiger charge is -2.32. The van der Waals surface area contributed by atoms with E-state index >= 15 is 0 Å². The van der Waals surface area contributed by atoms with Crippen LogP contribution < -0.4 is 5.46 Å². The maximum Gasteiger partial charge on any atom is 0.498 e. The van der Waals surface area contributed by atoms with Gasteiger partial charge in [0, 0.05) is 25.0 Å². The van der Waals surface area contributed by atoms with Gasteiger partial charge in [-0.1, -0.05) is 24.3 Å². The Bertz CT molecular complexity index is 694. The van der Waals surface area contributed by atoms with Crippen LogP contribution in [0.3, 0.4) is 0 Å². The van der Waals surface area contributed by atoms with Gasteiger partial charge >= 0.3 is 7.12 Å². The van der Waals surface area contributed by atoms with Crippen LogP contribution in [0.1, 0.15) is 38.8 Å². The van der Waals surface area contributed by atoms with E-state index in [1.54, 1.807) is 7.11 Å². The van der Waals surface area contributed by atoms with Crippen molar-refractivity contribution >= 4 is 12.6 Å². The Kier molecular flexibility index (Phi) is 5.05. The summed E-state index contributed by atoms with van der Waals surface area (Å²) in [5.74, 6) is 0. The minimum absolute atomic E-state index is 0.336. The molecule has 0 atom stereocenters. The molecule has 3 rings (SSSR count). The number of hydrogen-bond acceptors (Lipinski definition) is 4. The number of rotatable bonds is 6. The SMILES string of the molecule is COCCc1ccc(Cn2cc(B3OC(C)(C)C(C)(C)O3)cn2)cc1. The predicted molar refractivity (Wildman–Crippen MR) is 99.1 cm³/mol. The van der Waals surface area contributed by atoms with Crippen LogP contribution in [0.25, 0.3) is 0 Å². The first-order chi connectivity index (χ1) is 11.8. The molecule has 0 unspecified atom stereocenters. The third-order valence-corrected chi connectivity index (χ3v) is 5.14. The second-order valence-electron chi connectivity index (χ2n) is 7.62. The molecule has 0 aliphatic carbocycles. The average molecular weight is 342 g/mol. The van der Waals surface area contributed by atoms with Gasteiger partial charge in [-0.05, 0) is 45.2 Å². The van der Waals surface area contributed by atoms with Crippen molar-refractivity contribution in [1.82, 2.24) is 9.78 Å². The van der Waals surface area contributed by atoms with Crippen LogP contribution >= 0.6 is 0 Å². The molecule has 0 saturated carbocycles. The maximum absolute atomic E-state index is 6.08. The molecule has 1 aromatic carbocycles. The summed E-state index contributed by atoms with van der Waals surface area (Å²) in [6.07, 6.45) is 4.76. The summed E-state index contributed by atoms with van der Waals surface area (Å²) < 4.78 is 19.2. The van der Waals surface area contributed by atoms with Gasteiger partial charge < -0.3 is 14.0 Å². The summed E-state index contributed by atoms with van der Waals surface area (Å²) in [5.41, 5.74) is 2.78. The van der Waals surface area contributed by atoms with Crippen LogP contribution in [0.4, 0.5) is 0 Å². The summed E-state index contributed by atoms with van der Waals surface area (Å²) in [5, 5.41) is 4.46. The zero-order chi connectivity index (χ0) is 18.1. The summed E-state index contributed by atoms with van der Waals surface area (Å²) in [6.45, 7) is 9.70. The van der Waals surface area contributed by atoms with Gasteiger partial charge in [-0.15, -0.1) is 0 Å². The van der Waals surface area contributed by atoms with Crippen LogP contribution in [0, 0.1) is 0 Å². The first kappa shape index (κ1) is 18.2. The highest BCUT2D eigenvalue weighted by molar-refractivity contribution is 6.61. The fourth-order valence-electron chi connectivity index (χ4n) is 2.79. The summed E-state index contributed by atoms with van der Waals surface area (Å²) in [7, 11) is 1.36. The molecule has 1 fully saturated rings. The standard InChI is InChI=1S/C19H27BN2O3/c1-18(2)19(3,4)25-20(24-18)17-12-21-22(14-17)13-16-8-6-15(7-9-16)10-11-23-5/h6-9,12,14H,10-11,13H2,1-5H3. The van der Waals surface area contributed by atoms with E-state index in [0.717, 1.165) is 25.0 Å². The molecule has 2 aromatic rings. The zero-order valence-electron chi connectivity index (χ0n) is 15.8. The van der Waals surface area contributed by atoms with Crippen LogP contribution in [0.15, 0.2) is 36.7 Å². The number of methoxy groups -OCH3 is 1. The second-order valence-corrected chi connectivity index (χ2v) is 7.62. The summed E-state index contributed by atoms with van der Waals surface area (Å²) in [6, 6.07) is 8.57. The summed E-state index contributed by atoms with van der Waals surface area (Å²) in [4.78, 5) is 0. The molecular weight excluding hydrogens is 315 g/mol. The van der Waals surface area contributed by atoms with E-state index in [2.05, 4.69) is 57.1 Å². The van der Waals surface area contributed by atoms with E-state index in [1.165, 1.54) is 11.1 Å². The van der Waals surface area contributed by atoms with Crippen molar-refractivity contribution in [3.8, 4) is 0 Å². The van der Waals surface area contributed by atoms with Gasteiger partial charge in [0.15, 0.2) is 0 Å². The van der Waals surface area contributed by atoms with Gasteiger partial charge in [0.1, 0.15) is 0 Å². The monoisotopic (exact) mass is 342 g/mol. The molecule has 5 nitrogen and oxygen atoms in total. The highest BCUT2D eigenvalue weighted by Crippen LogP contribution is 2.36. The quantitative estimate of drug-likeness (QED) is 0.757. The number of benzene rings is 1. The molecule has 0 bridgehead atoms. The highest BCUT2D eigenvalue weighted by Gasteiger charge is 2.52. The Balaban J connectivity index is 1.64. The lowest BCUT2D eigenvalue weighted by Crippen LogP contribution is -2.41. The minimum atomic E-state index is -0.366. The van der Waals surface area contributed by atoms with Crippen molar-refractivity contribution in [2.24, 2.45) is 0 Å². The first-order valence-corrected chi connectivity index (χ1v) is 8.75. The lowest BCUT2D eigenvalue weighted by atomic mass is 9.82. The molecule has 1 aromatic heterocycles. The van der Waals surface area contributed by atoms with Gasteiger partial charge in [0.2, 0.25) is 0 Å². The summed E-state index contributed by atoms with van der Waals surface area (Å²) >= 11 is 0. The van der Waals surface area contributed by atoms with E-state index < -0.39 is 0 Å². The third kappa shape index (κ3) is 3.97. The maximum atomic E-state index is 6.08. The smallest absolute Gasteiger partial charge is 0.399 e. The van der Waals surface area contributed by atoms with E-state index in [0.29, 0.717) is 0 Å². The molecule has 1 saturated heterocycles. The topological polar surface area (TPSA) is 45.5 Å². The number of ether oxygens (including phenoxy) is 1. The molecule has 0 amide bonds. The van der Waals surface area contributed by atoms with E-state index in [-0.39, 0.29) is 18.3 Å². The van der Waals surface area contributed by atoms with E-state index in [9.17, 15) is 0 Å². The van der Waals surface area contributed by atoms with Crippen LogP contribution in [-0.4, -0.2) is 41.8 Å². The number of nitrogens with zero attached hydrogens (tertiary/aromatic N) is 2. The van der Waals surface area contributed by atoms with Gasteiger partial charge in [-0.2, -0.15) is 5.10 Å². The van der Waals surface area contributed by atoms with E-state index in [4.69, 9.17) is 14.0 Å². The van der Waals surface area contributed by atoms with Crippen molar-refractivity contribution < 1.29 is 14.0 Å². The molecule has 0 spiro atoms. The van der Waals surface area contributed by atoms with Crippen LogP contribution in [-0.2, 0) is 27.0 Å². The molecule has 6 heteroatoms. The van der Waals surface area contributed by atoms with Crippen molar-refractivity contribution in [1.29, 1.82) is 0 Å². The third-order valence-electron chi connectivity index (χ3n) is 5.14. The molecule has 25 heavy (non-hydrogen) atoms. The van der Waals surface area contributed by atoms with Crippen molar-refractivity contribution in [2.75, 3.05) is 13.7 Å². The van der Waals surface area contributed by atoms with Crippen LogP contribution in [0.5, 0.6) is 0 Å². The predicted octanol–water partition coefficient (Wildman–Crippen LogP) is 2.42. The van der Waals surface area contributed by atoms with Crippen molar-refractivity contribution in [2.45, 2.75) is 51.9 Å². The Morgan fingerprint density at radius 3 is 2.24 bits per heavy atom. The average Bonchev–Trinajstić information content (AvgIpc) is 3.09. The fraction of sp³-hybridized carbons (Fsp3) is 0.526. The number of hydrogen-bond donors (Lipinski definition) is 0. The Morgan fingerprint density at radius 1 is 1.04 bits per heavy atom. The largest absolute Gasteiger partial charge is 0.498 e. The molecule has 0 N–H and O–H groups in total. The number of aromatic nitrogens is 2. The minimum Gasteiger partial charge on any atom is -0.399 e. The fourth-order valence-corrected chi connectivity index (χ4v) is 2.79. The molecule has 134 valence electrons. The van der Waals surface area contributed by atoms with Crippen molar-refractivity contribution in [3.05, 3.63) is 47.8 Å². The van der Waals surface area contributed by atoms with Gasteiger partial charge in [0.25, 0.3) is 0 Å². The Hall–Kier alpha value is -1.63. The Labute approximate surface area is 150 Å². The van der Waals surface area contributed by atoms with E-state index in [1.807, 2.05) is 17.1 Å². The van der Waals surface area contributed by atoms with Crippen molar-refractivity contribution in [3.63, 3.8) is 0 Å². The molecule has 0 radical (unpaired) electrons. The molecule has 1 aliphatic heterocycles. The highest BCUT2D eigenvalue weighted by atomic mass is 16.7. The zero-order valence-corrected chi connectivity index (χ0v) is 15.8. The van der Waals surface area contributed by atoms with Gasteiger partial charge in [-0.25, -0.2) is 0 Å².